The van der Waals surface area contributed by atoms with Crippen molar-refractivity contribution in [2.24, 2.45) is 11.5 Å². The predicted octanol–water partition coefficient (Wildman–Crippen LogP) is 19.0. The Kier molecular flexibility index (Phi) is 75.4. The normalized spacial score (nSPS) is 9.73. The molecule has 0 aliphatic carbocycles. The zero-order chi connectivity index (χ0) is 92.0. The minimum Gasteiger partial charge on any atom is -0.496 e. The Bertz CT molecular complexity index is 4160. The molecule has 7 aromatic carbocycles. The fourth-order valence-electron chi connectivity index (χ4n) is 9.11. The number of carbonyl (C=O) groups is 4. The number of benzene rings is 7. The quantitative estimate of drug-likeness (QED) is 0.0117. The summed E-state index contributed by atoms with van der Waals surface area (Å²) in [5.41, 5.74) is 19.2. The fraction of sp³-hybridized carbons (Fsp3) is 0.348. The number of rotatable bonds is 44. The van der Waals surface area contributed by atoms with Crippen LogP contribution in [0.5, 0.6) is 69.0 Å². The van der Waals surface area contributed by atoms with E-state index in [-0.39, 0.29) is 40.8 Å². The average Bonchev–Trinajstić information content (AvgIpc) is 0.826. The second-order valence-electron chi connectivity index (χ2n) is 24.1. The number of nitrogens with two attached hydrogens (primary N) is 2. The first-order valence-electron chi connectivity index (χ1n) is 37.8. The van der Waals surface area contributed by atoms with Gasteiger partial charge in [0.1, 0.15) is 102 Å². The predicted molar refractivity (Wildman–Crippen MR) is 497 cm³/mol. The zero-order valence-electron chi connectivity index (χ0n) is 73.1. The van der Waals surface area contributed by atoms with Crippen LogP contribution in [0.2, 0.25) is 0 Å². The third-order valence-corrected chi connectivity index (χ3v) is 16.7. The van der Waals surface area contributed by atoms with Gasteiger partial charge in [0.25, 0.3) is 23.9 Å². The molecule has 0 saturated heterocycles. The van der Waals surface area contributed by atoms with Crippen molar-refractivity contribution in [3.8, 4) is 69.0 Å². The minimum absolute atomic E-state index is 0. The van der Waals surface area contributed by atoms with Gasteiger partial charge in [-0.1, -0.05) is 112 Å². The first-order valence-corrected chi connectivity index (χ1v) is 40.2. The summed E-state index contributed by atoms with van der Waals surface area (Å²) >= 11 is 10.3. The summed E-state index contributed by atoms with van der Waals surface area (Å²) in [7, 11) is 16.4. The molecule has 7 aromatic rings. The molecule has 0 saturated carbocycles. The summed E-state index contributed by atoms with van der Waals surface area (Å²) < 4.78 is 94.5. The number of carboxylic acids is 4. The van der Waals surface area contributed by atoms with Crippen molar-refractivity contribution in [3.05, 3.63) is 206 Å². The average molecular weight is 2110 g/mol. The van der Waals surface area contributed by atoms with Crippen LogP contribution >= 0.6 is 47.8 Å². The van der Waals surface area contributed by atoms with Gasteiger partial charge in [-0.15, -0.1) is 0 Å². The Hall–Kier alpha value is -9.32. The molecule has 27 nitrogen and oxygen atoms in total. The monoisotopic (exact) mass is 2100 g/mol. The van der Waals surface area contributed by atoms with Crippen molar-refractivity contribution in [2.75, 3.05) is 163 Å². The van der Waals surface area contributed by atoms with Gasteiger partial charge in [0.05, 0.1) is 95.2 Å². The molecule has 0 unspecified atom stereocenters. The molecular formula is C92H123Br3N2O25Pd2. The van der Waals surface area contributed by atoms with Crippen LogP contribution in [0.15, 0.2) is 156 Å². The zero-order valence-corrected chi connectivity index (χ0v) is 81.0. The number of hydrogen-bond acceptors (Lipinski definition) is 23. The Morgan fingerprint density at radius 2 is 0.516 bits per heavy atom. The molecule has 0 heterocycles. The van der Waals surface area contributed by atoms with E-state index in [4.69, 9.17) is 132 Å². The van der Waals surface area contributed by atoms with E-state index in [1.165, 1.54) is 0 Å². The minimum atomic E-state index is -0.833. The Morgan fingerprint density at radius 3 is 0.806 bits per heavy atom. The molecule has 0 aliphatic heterocycles. The number of carboxylic acid groups (broad SMARTS) is 4. The Morgan fingerprint density at radius 1 is 0.290 bits per heavy atom. The first kappa shape index (κ1) is 121. The van der Waals surface area contributed by atoms with Gasteiger partial charge in [0, 0.05) is 143 Å². The molecule has 692 valence electrons. The van der Waals surface area contributed by atoms with E-state index in [0.29, 0.717) is 102 Å². The van der Waals surface area contributed by atoms with Crippen molar-refractivity contribution in [1.82, 2.24) is 0 Å². The molecular weight excluding hydrogens is 1990 g/mol. The molecule has 8 N–H and O–H groups in total. The largest absolute Gasteiger partial charge is 0.496 e. The molecule has 32 heteroatoms. The second kappa shape index (κ2) is 77.3. The van der Waals surface area contributed by atoms with E-state index >= 15 is 0 Å². The first-order chi connectivity index (χ1) is 58.5. The van der Waals surface area contributed by atoms with Crippen LogP contribution in [0.3, 0.4) is 0 Å². The Labute approximate surface area is 784 Å². The summed E-state index contributed by atoms with van der Waals surface area (Å²) in [6, 6.07) is 34.9. The molecule has 124 heavy (non-hydrogen) atoms. The molecule has 0 bridgehead atoms. The maximum Gasteiger partial charge on any atom is 0.300 e. The summed E-state index contributed by atoms with van der Waals surface area (Å²) in [5.74, 6) is 5.81. The SMILES string of the molecule is C=Cc1cc(OCCOC)c(/C=C/c2cc(OC)c(Br)cc2OCCOC)cc1OC.C=Cc1cc(OCCOC)c(/C=C/c2ccc(OCCCCN)cc2)cc1OC.C=Cc1cc(OCCOC)c(C=C)cc1OC.C=Cc1ccc(OCCCCN)cc1.CC(=O)O.CC(=O)O.CC(=O)O.CC(=O)O.COCCOc1cc(Br)c(OC)cc1Br.[Pd].[Pd]. The van der Waals surface area contributed by atoms with Crippen molar-refractivity contribution >= 4 is 126 Å². The van der Waals surface area contributed by atoms with Gasteiger partial charge >= 0.3 is 0 Å². The van der Waals surface area contributed by atoms with Gasteiger partial charge in [-0.25, -0.2) is 0 Å². The number of methoxy groups -OCH3 is 10. The topological polar surface area (TPSA) is 358 Å². The number of aliphatic carboxylic acids is 4. The van der Waals surface area contributed by atoms with Gasteiger partial charge < -0.3 is 112 Å². The van der Waals surface area contributed by atoms with Crippen molar-refractivity contribution in [2.45, 2.75) is 53.4 Å². The summed E-state index contributed by atoms with van der Waals surface area (Å²) in [4.78, 5) is 36.0. The number of ether oxygens (including phenoxy) is 17. The molecule has 0 aromatic heterocycles. The molecule has 0 amide bonds. The summed E-state index contributed by atoms with van der Waals surface area (Å²) in [6.45, 7) is 31.0. The van der Waals surface area contributed by atoms with Crippen molar-refractivity contribution < 1.29 is 161 Å². The van der Waals surface area contributed by atoms with Gasteiger partial charge in [0.15, 0.2) is 0 Å². The molecule has 7 rings (SSSR count). The van der Waals surface area contributed by atoms with Crippen molar-refractivity contribution in [3.63, 3.8) is 0 Å². The summed E-state index contributed by atoms with van der Waals surface area (Å²) in [5, 5.41) is 29.7. The molecule has 0 atom stereocenters. The fourth-order valence-corrected chi connectivity index (χ4v) is 10.5. The van der Waals surface area contributed by atoms with E-state index in [1.807, 2.05) is 140 Å². The van der Waals surface area contributed by atoms with Gasteiger partial charge in [0.2, 0.25) is 0 Å². The van der Waals surface area contributed by atoms with Crippen LogP contribution in [0.4, 0.5) is 0 Å². The third kappa shape index (κ3) is 56.5. The molecule has 0 fully saturated rings. The molecule has 0 aliphatic rings. The molecule has 0 radical (unpaired) electrons. The van der Waals surface area contributed by atoms with E-state index in [9.17, 15) is 0 Å². The second-order valence-corrected chi connectivity index (χ2v) is 26.7. The molecule has 0 spiro atoms. The van der Waals surface area contributed by atoms with E-state index in [0.717, 1.165) is 176 Å². The summed E-state index contributed by atoms with van der Waals surface area (Å²) in [6.07, 6.45) is 20.7. The van der Waals surface area contributed by atoms with Gasteiger partial charge in [-0.2, -0.15) is 0 Å². The standard InChI is InChI=1S/C24H29BrO6.C24H31NO4.C14H18O3.C12H17NO.C10H12Br2O3.4C2H4O2.2Pd/c1-6-17-13-22(30-11-9-26-2)18(14-21(17)28-4)7-8-19-15-24(29-5)20(25)16-23(19)31-12-10-27-3;1-4-20-17-24(29-16-15-26-2)21(18-23(20)27-3)10-7-19-8-11-22(12-9-19)28-14-6-5-13-25;1-5-11-10-14(17-8-7-15-3)12(6-2)9-13(11)16-4;1-2-11-5-7-12(8-6-11)14-10-4-3-9-13;1-13-3-4-15-10-6-7(11)9(14-2)5-8(10)12;4*1-2(3)4;;/h6-8,13-16H,1,9-12H2,2-5H3;4,7-12,17-18H,1,5-6,13-16,25H2,2-3H3;5-6,9-10H,1-2,7-8H2,3-4H3;2,5-8H,1,3-4,9-10,13H2;5-6H,3-4H2,1-2H3;4*1H3,(H,3,4);;/b8-7+;10-7+;;;;;;;;;. The van der Waals surface area contributed by atoms with Gasteiger partial charge in [-0.05, 0) is 183 Å². The Balaban J connectivity index is -0.000000710. The maximum absolute atomic E-state index is 9.00. The number of unbranched alkanes of at least 4 members (excludes halogenated alkanes) is 2. The number of hydrogen-bond donors (Lipinski definition) is 6. The van der Waals surface area contributed by atoms with Crippen LogP contribution in [0, 0.1) is 0 Å². The van der Waals surface area contributed by atoms with Crippen LogP contribution in [0.1, 0.15) is 103 Å². The van der Waals surface area contributed by atoms with Crippen LogP contribution in [-0.2, 0) is 83.7 Å². The van der Waals surface area contributed by atoms with Gasteiger partial charge in [-0.3, -0.25) is 19.2 Å². The third-order valence-electron chi connectivity index (χ3n) is 14.8. The van der Waals surface area contributed by atoms with Crippen LogP contribution in [0.25, 0.3) is 54.7 Å². The van der Waals surface area contributed by atoms with E-state index in [1.54, 1.807) is 95.4 Å². The van der Waals surface area contributed by atoms with Crippen LogP contribution < -0.4 is 68.3 Å². The smallest absolute Gasteiger partial charge is 0.300 e. The maximum atomic E-state index is 9.00. The number of halogens is 3. The van der Waals surface area contributed by atoms with E-state index in [2.05, 4.69) is 80.7 Å². The van der Waals surface area contributed by atoms with Crippen LogP contribution in [-0.4, -0.2) is 208 Å². The van der Waals surface area contributed by atoms with E-state index < -0.39 is 23.9 Å². The van der Waals surface area contributed by atoms with Crippen molar-refractivity contribution in [1.29, 1.82) is 0 Å².